The Balaban J connectivity index is 1.33. The van der Waals surface area contributed by atoms with Gasteiger partial charge in [0.25, 0.3) is 0 Å². The monoisotopic (exact) mass is 504 g/mol. The summed E-state index contributed by atoms with van der Waals surface area (Å²) >= 11 is 0. The molecule has 0 bridgehead atoms. The number of aryl methyl sites for hydroxylation is 1. The summed E-state index contributed by atoms with van der Waals surface area (Å²) in [5, 5.41) is 0. The number of hydrogen-bond donors (Lipinski definition) is 0. The maximum atomic E-state index is 12.6. The maximum absolute atomic E-state index is 12.6. The topological polar surface area (TPSA) is 35.5 Å². The number of carbonyl (C=O) groups excluding carboxylic acids is 1. The van der Waals surface area contributed by atoms with E-state index in [9.17, 15) is 4.79 Å². The molecule has 0 saturated heterocycles. The number of allylic oxidation sites excluding steroid dienone is 1. The lowest BCUT2D eigenvalue weighted by Gasteiger charge is -2.28. The summed E-state index contributed by atoms with van der Waals surface area (Å²) in [5.41, 5.74) is 1.86. The summed E-state index contributed by atoms with van der Waals surface area (Å²) in [7, 11) is 0. The smallest absolute Gasteiger partial charge is 0.343 e. The van der Waals surface area contributed by atoms with Gasteiger partial charge < -0.3 is 9.47 Å². The summed E-state index contributed by atoms with van der Waals surface area (Å²) in [4.78, 5) is 12.6. The van der Waals surface area contributed by atoms with E-state index in [2.05, 4.69) is 25.6 Å². The van der Waals surface area contributed by atoms with E-state index in [-0.39, 0.29) is 5.97 Å². The van der Waals surface area contributed by atoms with Crippen molar-refractivity contribution in [3.8, 4) is 11.5 Å². The highest BCUT2D eigenvalue weighted by Gasteiger charge is 2.20. The van der Waals surface area contributed by atoms with Crippen LogP contribution in [0.25, 0.3) is 0 Å². The number of carbonyl (C=O) groups is 1. The van der Waals surface area contributed by atoms with Crippen molar-refractivity contribution in [1.29, 1.82) is 0 Å². The fourth-order valence-electron chi connectivity index (χ4n) is 5.37. The van der Waals surface area contributed by atoms with Gasteiger partial charge in [0.1, 0.15) is 11.5 Å². The van der Waals surface area contributed by atoms with Gasteiger partial charge in [0.05, 0.1) is 12.2 Å². The van der Waals surface area contributed by atoms with E-state index in [0.717, 1.165) is 43.3 Å². The molecule has 1 aliphatic rings. The molecule has 37 heavy (non-hydrogen) atoms. The van der Waals surface area contributed by atoms with Crippen LogP contribution in [0.2, 0.25) is 0 Å². The van der Waals surface area contributed by atoms with Crippen molar-refractivity contribution in [2.24, 2.45) is 11.8 Å². The van der Waals surface area contributed by atoms with Crippen LogP contribution >= 0.6 is 0 Å². The molecule has 202 valence electrons. The molecule has 2 aromatic rings. The normalized spacial score (nSPS) is 17.3. The third-order valence-corrected chi connectivity index (χ3v) is 7.82. The Labute approximate surface area is 225 Å². The van der Waals surface area contributed by atoms with Crippen molar-refractivity contribution in [2.45, 2.75) is 103 Å². The van der Waals surface area contributed by atoms with Crippen molar-refractivity contribution in [1.82, 2.24) is 0 Å². The first-order valence-electron chi connectivity index (χ1n) is 14.8. The highest BCUT2D eigenvalue weighted by atomic mass is 16.5. The van der Waals surface area contributed by atoms with Crippen LogP contribution in [0.3, 0.4) is 0 Å². The van der Waals surface area contributed by atoms with Crippen molar-refractivity contribution >= 4 is 5.97 Å². The van der Waals surface area contributed by atoms with E-state index >= 15 is 0 Å². The summed E-state index contributed by atoms with van der Waals surface area (Å²) in [6.07, 6.45) is 21.3. The second-order valence-corrected chi connectivity index (χ2v) is 10.8. The van der Waals surface area contributed by atoms with Crippen molar-refractivity contribution in [2.75, 3.05) is 6.61 Å². The average molecular weight is 505 g/mol. The highest BCUT2D eigenvalue weighted by molar-refractivity contribution is 5.91. The fourth-order valence-corrected chi connectivity index (χ4v) is 5.37. The summed E-state index contributed by atoms with van der Waals surface area (Å²) < 4.78 is 11.4. The number of unbranched alkanes of at least 4 members (excludes halogenated alkanes) is 6. The minimum atomic E-state index is -0.336. The molecule has 0 unspecified atom stereocenters. The van der Waals surface area contributed by atoms with E-state index in [1.165, 1.54) is 76.2 Å². The Bertz CT molecular complexity index is 892. The van der Waals surface area contributed by atoms with Gasteiger partial charge in [-0.05, 0) is 85.9 Å². The van der Waals surface area contributed by atoms with Crippen molar-refractivity contribution in [3.05, 3.63) is 72.3 Å². The Kier molecular flexibility index (Phi) is 13.4. The summed E-state index contributed by atoms with van der Waals surface area (Å²) in [6.45, 7) is 6.74. The van der Waals surface area contributed by atoms with E-state index in [4.69, 9.17) is 9.47 Å². The molecule has 0 N–H and O–H groups in total. The van der Waals surface area contributed by atoms with Crippen LogP contribution in [0.5, 0.6) is 11.5 Å². The molecule has 0 aromatic heterocycles. The minimum Gasteiger partial charge on any atom is -0.494 e. The standard InChI is InChI=1S/C34H48O3/c1-3-5-7-8-9-11-27-36-32-25-21-31(22-26-32)34(35)37-33-23-19-30(20-24-33)18-17-29-15-13-28(14-16-29)12-10-6-4-2/h3,19-26,28-29H,1,4-18,27H2,2H3. The van der Waals surface area contributed by atoms with Crippen LogP contribution in [0.1, 0.15) is 113 Å². The van der Waals surface area contributed by atoms with Gasteiger partial charge in [-0.25, -0.2) is 4.79 Å². The number of rotatable bonds is 17. The Hall–Kier alpha value is -2.55. The molecule has 0 aliphatic heterocycles. The van der Waals surface area contributed by atoms with Crippen LogP contribution in [-0.4, -0.2) is 12.6 Å². The zero-order valence-electron chi connectivity index (χ0n) is 23.1. The van der Waals surface area contributed by atoms with Crippen LogP contribution in [0.15, 0.2) is 61.2 Å². The molecule has 3 heteroatoms. The first kappa shape index (κ1) is 29.0. The van der Waals surface area contributed by atoms with Crippen molar-refractivity contribution < 1.29 is 14.3 Å². The van der Waals surface area contributed by atoms with Gasteiger partial charge in [0.2, 0.25) is 0 Å². The zero-order valence-corrected chi connectivity index (χ0v) is 23.1. The van der Waals surface area contributed by atoms with E-state index in [1.807, 2.05) is 30.3 Å². The quantitative estimate of drug-likeness (QED) is 0.0930. The molecule has 3 nitrogen and oxygen atoms in total. The second-order valence-electron chi connectivity index (χ2n) is 10.8. The van der Waals surface area contributed by atoms with E-state index in [0.29, 0.717) is 17.9 Å². The first-order chi connectivity index (χ1) is 18.2. The molecule has 0 amide bonds. The lowest BCUT2D eigenvalue weighted by Crippen LogP contribution is -2.15. The predicted molar refractivity (Wildman–Crippen MR) is 155 cm³/mol. The minimum absolute atomic E-state index is 0.336. The third kappa shape index (κ3) is 11.2. The number of esters is 1. The molecular formula is C34H48O3. The Morgan fingerprint density at radius 1 is 0.811 bits per heavy atom. The van der Waals surface area contributed by atoms with Gasteiger partial charge >= 0.3 is 5.97 Å². The van der Waals surface area contributed by atoms with Crippen LogP contribution < -0.4 is 9.47 Å². The summed E-state index contributed by atoms with van der Waals surface area (Å²) in [5.74, 6) is 2.89. The molecule has 2 aromatic carbocycles. The molecule has 0 atom stereocenters. The molecule has 0 heterocycles. The van der Waals surface area contributed by atoms with E-state index < -0.39 is 0 Å². The van der Waals surface area contributed by atoms with Gasteiger partial charge in [-0.2, -0.15) is 0 Å². The maximum Gasteiger partial charge on any atom is 0.343 e. The number of ether oxygens (including phenoxy) is 2. The predicted octanol–water partition coefficient (Wildman–Crippen LogP) is 9.74. The lowest BCUT2D eigenvalue weighted by molar-refractivity contribution is 0.0734. The molecule has 0 spiro atoms. The number of hydrogen-bond acceptors (Lipinski definition) is 3. The van der Waals surface area contributed by atoms with Gasteiger partial charge in [0.15, 0.2) is 0 Å². The molecular weight excluding hydrogens is 456 g/mol. The van der Waals surface area contributed by atoms with Crippen LogP contribution in [0, 0.1) is 11.8 Å². The first-order valence-corrected chi connectivity index (χ1v) is 14.8. The van der Waals surface area contributed by atoms with Gasteiger partial charge in [-0.15, -0.1) is 6.58 Å². The van der Waals surface area contributed by atoms with Crippen molar-refractivity contribution in [3.63, 3.8) is 0 Å². The lowest BCUT2D eigenvalue weighted by atomic mass is 9.78. The molecule has 1 aliphatic carbocycles. The molecule has 3 rings (SSSR count). The molecule has 0 radical (unpaired) electrons. The SMILES string of the molecule is C=CCCCCCCOc1ccc(C(=O)Oc2ccc(CCC3CCC(CCCCC)CC3)cc2)cc1. The second kappa shape index (κ2) is 17.1. The fraction of sp³-hybridized carbons (Fsp3) is 0.559. The average Bonchev–Trinajstić information content (AvgIpc) is 2.93. The van der Waals surface area contributed by atoms with Gasteiger partial charge in [0, 0.05) is 0 Å². The van der Waals surface area contributed by atoms with E-state index in [1.54, 1.807) is 12.1 Å². The molecule has 1 fully saturated rings. The van der Waals surface area contributed by atoms with Crippen LogP contribution in [0.4, 0.5) is 0 Å². The van der Waals surface area contributed by atoms with Gasteiger partial charge in [-0.1, -0.05) is 89.3 Å². The third-order valence-electron chi connectivity index (χ3n) is 7.82. The highest BCUT2D eigenvalue weighted by Crippen LogP contribution is 2.34. The van der Waals surface area contributed by atoms with Crippen LogP contribution in [-0.2, 0) is 6.42 Å². The number of benzene rings is 2. The van der Waals surface area contributed by atoms with Gasteiger partial charge in [-0.3, -0.25) is 0 Å². The largest absolute Gasteiger partial charge is 0.494 e. The zero-order chi connectivity index (χ0) is 26.1. The Morgan fingerprint density at radius 3 is 2.14 bits per heavy atom. The summed E-state index contributed by atoms with van der Waals surface area (Å²) in [6, 6.07) is 15.3. The molecule has 1 saturated carbocycles. The Morgan fingerprint density at radius 2 is 1.46 bits per heavy atom.